The predicted octanol–water partition coefficient (Wildman–Crippen LogP) is 2.32. The molecular weight excluding hydrogens is 208 g/mol. The summed E-state index contributed by atoms with van der Waals surface area (Å²) in [5.74, 6) is 0.699. The molecule has 0 saturated heterocycles. The third-order valence-corrected chi connectivity index (χ3v) is 6.42. The molecule has 15 heavy (non-hydrogen) atoms. The van der Waals surface area contributed by atoms with E-state index in [2.05, 4.69) is 0 Å². The third kappa shape index (κ3) is 1.07. The largest absolute Gasteiger partial charge is 0.223 e. The maximum Gasteiger partial charge on any atom is 0.184 e. The van der Waals surface area contributed by atoms with Crippen molar-refractivity contribution in [1.82, 2.24) is 0 Å². The summed E-state index contributed by atoms with van der Waals surface area (Å²) >= 11 is 0. The van der Waals surface area contributed by atoms with E-state index in [9.17, 15) is 8.42 Å². The van der Waals surface area contributed by atoms with Gasteiger partial charge in [-0.25, -0.2) is 8.42 Å². The van der Waals surface area contributed by atoms with Crippen LogP contribution in [0.4, 0.5) is 0 Å². The van der Waals surface area contributed by atoms with Crippen LogP contribution >= 0.6 is 0 Å². The quantitative estimate of drug-likeness (QED) is 0.769. The summed E-state index contributed by atoms with van der Waals surface area (Å²) in [5.41, 5.74) is 1.10. The molecule has 0 aliphatic heterocycles. The zero-order chi connectivity index (χ0) is 10.7. The molecule has 80 valence electrons. The maximum absolute atomic E-state index is 12.3. The summed E-state index contributed by atoms with van der Waals surface area (Å²) in [5, 5.41) is 0. The topological polar surface area (TPSA) is 34.1 Å². The molecule has 2 nitrogen and oxygen atoms in total. The third-order valence-electron chi connectivity index (χ3n) is 3.88. The molecule has 0 spiro atoms. The van der Waals surface area contributed by atoms with Crippen LogP contribution in [-0.2, 0) is 9.84 Å². The smallest absolute Gasteiger partial charge is 0.184 e. The summed E-state index contributed by atoms with van der Waals surface area (Å²) in [4.78, 5) is 0.506. The van der Waals surface area contributed by atoms with Crippen LogP contribution in [0.1, 0.15) is 24.8 Å². The van der Waals surface area contributed by atoms with Crippen LogP contribution < -0.4 is 0 Å². The van der Waals surface area contributed by atoms with Crippen molar-refractivity contribution in [2.45, 2.75) is 35.8 Å². The number of hydrogen-bond donors (Lipinski definition) is 0. The molecular formula is C12H14O2S. The standard InChI is InChI=1S/C12H14O2S/c1-9-2-4-11(5-3-9)15(13,14)12-6-10(7-12)8-12/h2-5,10H,6-8H2,1H3. The lowest BCUT2D eigenvalue weighted by Crippen LogP contribution is -2.62. The van der Waals surface area contributed by atoms with Gasteiger partial charge in [0.2, 0.25) is 0 Å². The van der Waals surface area contributed by atoms with E-state index in [-0.39, 0.29) is 4.75 Å². The minimum absolute atomic E-state index is 0.368. The Hall–Kier alpha value is -0.830. The van der Waals surface area contributed by atoms with Gasteiger partial charge in [-0.1, -0.05) is 17.7 Å². The molecule has 0 heterocycles. The van der Waals surface area contributed by atoms with Gasteiger partial charge >= 0.3 is 0 Å². The number of benzene rings is 1. The van der Waals surface area contributed by atoms with Crippen LogP contribution in [0.25, 0.3) is 0 Å². The molecule has 0 radical (unpaired) electrons. The minimum atomic E-state index is -3.05. The molecule has 3 heteroatoms. The van der Waals surface area contributed by atoms with Gasteiger partial charge in [-0.2, -0.15) is 0 Å². The summed E-state index contributed by atoms with van der Waals surface area (Å²) in [7, 11) is -3.05. The van der Waals surface area contributed by atoms with Crippen molar-refractivity contribution in [2.75, 3.05) is 0 Å². The molecule has 0 amide bonds. The van der Waals surface area contributed by atoms with Gasteiger partial charge in [0, 0.05) is 0 Å². The molecule has 0 atom stereocenters. The van der Waals surface area contributed by atoms with E-state index in [1.165, 1.54) is 0 Å². The minimum Gasteiger partial charge on any atom is -0.223 e. The van der Waals surface area contributed by atoms with Gasteiger partial charge in [0.05, 0.1) is 9.64 Å². The highest BCUT2D eigenvalue weighted by Gasteiger charge is 2.64. The molecule has 0 N–H and O–H groups in total. The number of sulfone groups is 1. The first kappa shape index (κ1) is 9.40. The first-order valence-corrected chi connectivity index (χ1v) is 6.83. The molecule has 3 aliphatic carbocycles. The van der Waals surface area contributed by atoms with E-state index >= 15 is 0 Å². The lowest BCUT2D eigenvalue weighted by atomic mass is 9.55. The van der Waals surface area contributed by atoms with Crippen LogP contribution in [0.3, 0.4) is 0 Å². The van der Waals surface area contributed by atoms with Gasteiger partial charge < -0.3 is 0 Å². The Bertz CT molecular complexity index is 482. The van der Waals surface area contributed by atoms with Crippen molar-refractivity contribution in [3.63, 3.8) is 0 Å². The molecule has 1 aromatic carbocycles. The summed E-state index contributed by atoms with van der Waals surface area (Å²) in [6, 6.07) is 7.23. The van der Waals surface area contributed by atoms with Crippen molar-refractivity contribution in [2.24, 2.45) is 5.92 Å². The lowest BCUT2D eigenvalue weighted by molar-refractivity contribution is 0.0483. The van der Waals surface area contributed by atoms with Crippen molar-refractivity contribution in [3.05, 3.63) is 29.8 Å². The molecule has 4 rings (SSSR count). The molecule has 0 aromatic heterocycles. The zero-order valence-electron chi connectivity index (χ0n) is 8.73. The lowest BCUT2D eigenvalue weighted by Gasteiger charge is -2.60. The van der Waals surface area contributed by atoms with Crippen LogP contribution in [0.2, 0.25) is 0 Å². The van der Waals surface area contributed by atoms with Crippen molar-refractivity contribution < 1.29 is 8.42 Å². The Kier molecular flexibility index (Phi) is 1.66. The molecule has 3 aliphatic rings. The number of rotatable bonds is 2. The van der Waals surface area contributed by atoms with Crippen LogP contribution in [0.5, 0.6) is 0 Å². The van der Waals surface area contributed by atoms with E-state index in [1.54, 1.807) is 12.1 Å². The van der Waals surface area contributed by atoms with E-state index in [1.807, 2.05) is 19.1 Å². The van der Waals surface area contributed by atoms with Crippen LogP contribution in [0, 0.1) is 12.8 Å². The SMILES string of the molecule is Cc1ccc(S(=O)(=O)C23CC(C2)C3)cc1. The Morgan fingerprint density at radius 2 is 1.67 bits per heavy atom. The summed E-state index contributed by atoms with van der Waals surface area (Å²) in [6.45, 7) is 1.97. The fourth-order valence-electron chi connectivity index (χ4n) is 2.70. The average Bonchev–Trinajstić information content (AvgIpc) is 1.97. The Labute approximate surface area is 90.2 Å². The second-order valence-corrected chi connectivity index (χ2v) is 7.32. The molecule has 0 unspecified atom stereocenters. The monoisotopic (exact) mass is 222 g/mol. The average molecular weight is 222 g/mol. The molecule has 1 aromatic rings. The van der Waals surface area contributed by atoms with Crippen molar-refractivity contribution in [3.8, 4) is 0 Å². The molecule has 2 bridgehead atoms. The number of hydrogen-bond acceptors (Lipinski definition) is 2. The van der Waals surface area contributed by atoms with Crippen LogP contribution in [0.15, 0.2) is 29.2 Å². The van der Waals surface area contributed by atoms with Gasteiger partial charge in [-0.3, -0.25) is 0 Å². The van der Waals surface area contributed by atoms with E-state index < -0.39 is 9.84 Å². The highest BCUT2D eigenvalue weighted by molar-refractivity contribution is 7.93. The highest BCUT2D eigenvalue weighted by atomic mass is 32.2. The predicted molar refractivity (Wildman–Crippen MR) is 58.4 cm³/mol. The maximum atomic E-state index is 12.3. The second-order valence-electron chi connectivity index (χ2n) is 4.98. The van der Waals surface area contributed by atoms with Gasteiger partial charge in [-0.15, -0.1) is 0 Å². The fraction of sp³-hybridized carbons (Fsp3) is 0.500. The Balaban J connectivity index is 2.02. The van der Waals surface area contributed by atoms with Crippen molar-refractivity contribution in [1.29, 1.82) is 0 Å². The van der Waals surface area contributed by atoms with E-state index in [4.69, 9.17) is 0 Å². The van der Waals surface area contributed by atoms with Crippen LogP contribution in [-0.4, -0.2) is 13.2 Å². The normalized spacial score (nSPS) is 33.0. The summed E-state index contributed by atoms with van der Waals surface area (Å²) in [6.07, 6.45) is 2.68. The van der Waals surface area contributed by atoms with Gasteiger partial charge in [0.1, 0.15) is 0 Å². The van der Waals surface area contributed by atoms with Gasteiger partial charge in [-0.05, 0) is 44.2 Å². The van der Waals surface area contributed by atoms with Gasteiger partial charge in [0.15, 0.2) is 9.84 Å². The van der Waals surface area contributed by atoms with E-state index in [0.717, 1.165) is 24.8 Å². The number of aryl methyl sites for hydroxylation is 1. The highest BCUT2D eigenvalue weighted by Crippen LogP contribution is 2.63. The molecule has 3 saturated carbocycles. The Morgan fingerprint density at radius 1 is 1.13 bits per heavy atom. The second kappa shape index (κ2) is 2.64. The van der Waals surface area contributed by atoms with E-state index in [0.29, 0.717) is 10.8 Å². The molecule has 3 fully saturated rings. The fourth-order valence-corrected chi connectivity index (χ4v) is 5.06. The first-order chi connectivity index (χ1) is 7.03. The first-order valence-electron chi connectivity index (χ1n) is 5.35. The zero-order valence-corrected chi connectivity index (χ0v) is 9.55. The van der Waals surface area contributed by atoms with Gasteiger partial charge in [0.25, 0.3) is 0 Å². The Morgan fingerprint density at radius 3 is 2.07 bits per heavy atom. The van der Waals surface area contributed by atoms with Crippen molar-refractivity contribution >= 4 is 9.84 Å². The summed E-state index contributed by atoms with van der Waals surface area (Å²) < 4.78 is 24.2.